The summed E-state index contributed by atoms with van der Waals surface area (Å²) in [6.45, 7) is 3.99. The summed E-state index contributed by atoms with van der Waals surface area (Å²) in [7, 11) is 0. The number of thiophene rings is 1. The quantitative estimate of drug-likeness (QED) is 0.491. The minimum atomic E-state index is -0.0716. The number of imidazole rings is 1. The van der Waals surface area contributed by atoms with Crippen molar-refractivity contribution in [2.24, 2.45) is 0 Å². The number of pyridine rings is 1. The second-order valence-electron chi connectivity index (χ2n) is 7.66. The van der Waals surface area contributed by atoms with Gasteiger partial charge in [-0.2, -0.15) is 0 Å². The highest BCUT2D eigenvalue weighted by Gasteiger charge is 2.26. The number of nitrogens with one attached hydrogen (secondary N) is 3. The monoisotopic (exact) mass is 391 g/mol. The molecule has 6 nitrogen and oxygen atoms in total. The van der Waals surface area contributed by atoms with Gasteiger partial charge in [0, 0.05) is 13.1 Å². The van der Waals surface area contributed by atoms with Gasteiger partial charge in [0.25, 0.3) is 5.56 Å². The fourth-order valence-corrected chi connectivity index (χ4v) is 5.29. The van der Waals surface area contributed by atoms with Gasteiger partial charge in [-0.15, -0.1) is 11.3 Å². The van der Waals surface area contributed by atoms with E-state index in [-0.39, 0.29) is 5.56 Å². The first kappa shape index (κ1) is 16.3. The number of aromatic nitrogens is 3. The zero-order valence-electron chi connectivity index (χ0n) is 15.5. The maximum atomic E-state index is 13.0. The molecule has 0 aliphatic carbocycles. The summed E-state index contributed by atoms with van der Waals surface area (Å²) in [6, 6.07) is 6.40. The van der Waals surface area contributed by atoms with Crippen LogP contribution >= 0.6 is 11.3 Å². The number of fused-ring (bicyclic) bond motifs is 3. The highest BCUT2D eigenvalue weighted by molar-refractivity contribution is 7.17. The summed E-state index contributed by atoms with van der Waals surface area (Å²) in [5.41, 5.74) is 7.23. The lowest BCUT2D eigenvalue weighted by atomic mass is 10.0. The minimum absolute atomic E-state index is 0.0716. The smallest absolute Gasteiger partial charge is 0.261 e. The Morgan fingerprint density at radius 3 is 2.64 bits per heavy atom. The molecule has 0 bridgehead atoms. The second kappa shape index (κ2) is 6.18. The van der Waals surface area contributed by atoms with Crippen LogP contribution in [-0.4, -0.2) is 41.1 Å². The molecule has 6 rings (SSSR count). The van der Waals surface area contributed by atoms with Gasteiger partial charge < -0.3 is 20.2 Å². The van der Waals surface area contributed by atoms with Crippen LogP contribution in [0.2, 0.25) is 0 Å². The molecule has 142 valence electrons. The highest BCUT2D eigenvalue weighted by atomic mass is 32.1. The predicted octanol–water partition coefficient (Wildman–Crippen LogP) is 3.03. The average molecular weight is 392 g/mol. The van der Waals surface area contributed by atoms with Crippen LogP contribution in [0.25, 0.3) is 32.6 Å². The summed E-state index contributed by atoms with van der Waals surface area (Å²) in [5.74, 6) is 0.673. The zero-order valence-corrected chi connectivity index (χ0v) is 16.3. The third-order valence-corrected chi connectivity index (χ3v) is 6.87. The van der Waals surface area contributed by atoms with Crippen LogP contribution in [-0.2, 0) is 12.8 Å². The van der Waals surface area contributed by atoms with Crippen LogP contribution in [0.15, 0.2) is 28.4 Å². The molecule has 0 atom stereocenters. The van der Waals surface area contributed by atoms with Crippen LogP contribution < -0.4 is 15.8 Å². The van der Waals surface area contributed by atoms with Crippen LogP contribution in [0.4, 0.5) is 5.69 Å². The van der Waals surface area contributed by atoms with Crippen molar-refractivity contribution in [2.45, 2.75) is 19.3 Å². The SMILES string of the molecule is O=c1[nH]c2ccsc2c(N2CCC2)c1-c1nc2cc3c(cc2[nH]1)CCNCC3. The van der Waals surface area contributed by atoms with Crippen LogP contribution in [0.3, 0.4) is 0 Å². The summed E-state index contributed by atoms with van der Waals surface area (Å²) in [5, 5.41) is 5.49. The molecule has 4 aromatic rings. The van der Waals surface area contributed by atoms with Gasteiger partial charge in [-0.3, -0.25) is 4.79 Å². The molecule has 7 heteroatoms. The first-order valence-electron chi connectivity index (χ1n) is 9.89. The van der Waals surface area contributed by atoms with Gasteiger partial charge in [0.05, 0.1) is 26.9 Å². The lowest BCUT2D eigenvalue weighted by Crippen LogP contribution is -2.38. The summed E-state index contributed by atoms with van der Waals surface area (Å²) in [6.07, 6.45) is 3.22. The van der Waals surface area contributed by atoms with Crippen molar-refractivity contribution < 1.29 is 0 Å². The highest BCUT2D eigenvalue weighted by Crippen LogP contribution is 2.38. The van der Waals surface area contributed by atoms with Gasteiger partial charge in [-0.25, -0.2) is 4.98 Å². The Morgan fingerprint density at radius 1 is 1.04 bits per heavy atom. The number of nitrogens with zero attached hydrogens (tertiary/aromatic N) is 2. The first-order valence-corrected chi connectivity index (χ1v) is 10.8. The number of hydrogen-bond donors (Lipinski definition) is 3. The molecule has 0 radical (unpaired) electrons. The summed E-state index contributed by atoms with van der Waals surface area (Å²) in [4.78, 5) is 26.7. The Labute approximate surface area is 165 Å². The summed E-state index contributed by atoms with van der Waals surface area (Å²) < 4.78 is 1.14. The predicted molar refractivity (Wildman–Crippen MR) is 115 cm³/mol. The Morgan fingerprint density at radius 2 is 1.86 bits per heavy atom. The fourth-order valence-electron chi connectivity index (χ4n) is 4.36. The van der Waals surface area contributed by atoms with Gasteiger partial charge in [0.15, 0.2) is 0 Å². The van der Waals surface area contributed by atoms with E-state index >= 15 is 0 Å². The Kier molecular flexibility index (Phi) is 3.61. The van der Waals surface area contributed by atoms with Gasteiger partial charge >= 0.3 is 0 Å². The standard InChI is InChI=1S/C21H21N5OS/c27-21-17(18(26-7-1-8-26)19-14(25-21)4-9-28-19)20-23-15-10-12-2-5-22-6-3-13(12)11-16(15)24-20/h4,9-11,22H,1-3,5-8H2,(H,23,24)(H,25,27). The average Bonchev–Trinajstić information content (AvgIpc) is 3.19. The molecule has 1 fully saturated rings. The van der Waals surface area contributed by atoms with Crippen molar-refractivity contribution >= 4 is 38.3 Å². The second-order valence-corrected chi connectivity index (χ2v) is 8.57. The van der Waals surface area contributed by atoms with E-state index in [2.05, 4.69) is 32.3 Å². The van der Waals surface area contributed by atoms with E-state index in [0.717, 1.165) is 66.0 Å². The van der Waals surface area contributed by atoms with Crippen molar-refractivity contribution in [1.82, 2.24) is 20.3 Å². The van der Waals surface area contributed by atoms with E-state index in [0.29, 0.717) is 11.4 Å². The van der Waals surface area contributed by atoms with Crippen LogP contribution in [0.1, 0.15) is 17.5 Å². The Hall–Kier alpha value is -2.64. The number of hydrogen-bond acceptors (Lipinski definition) is 5. The van der Waals surface area contributed by atoms with Gasteiger partial charge in [-0.1, -0.05) is 0 Å². The number of H-pyrrole nitrogens is 2. The molecule has 0 amide bonds. The fraction of sp³-hybridized carbons (Fsp3) is 0.333. The van der Waals surface area contributed by atoms with Gasteiger partial charge in [0.2, 0.25) is 0 Å². The molecule has 3 aromatic heterocycles. The van der Waals surface area contributed by atoms with Crippen molar-refractivity contribution in [3.05, 3.63) is 45.1 Å². The molecule has 1 aromatic carbocycles. The molecule has 5 heterocycles. The van der Waals surface area contributed by atoms with Crippen molar-refractivity contribution in [1.29, 1.82) is 0 Å². The number of aromatic amines is 2. The normalized spacial score (nSPS) is 16.9. The molecule has 28 heavy (non-hydrogen) atoms. The van der Waals surface area contributed by atoms with Gasteiger partial charge in [0.1, 0.15) is 11.4 Å². The van der Waals surface area contributed by atoms with Crippen molar-refractivity contribution in [2.75, 3.05) is 31.1 Å². The van der Waals surface area contributed by atoms with E-state index in [9.17, 15) is 4.79 Å². The third-order valence-electron chi connectivity index (χ3n) is 5.95. The maximum absolute atomic E-state index is 13.0. The van der Waals surface area contributed by atoms with Crippen LogP contribution in [0, 0.1) is 0 Å². The number of anilines is 1. The van der Waals surface area contributed by atoms with E-state index in [1.54, 1.807) is 11.3 Å². The minimum Gasteiger partial charge on any atom is -0.369 e. The topological polar surface area (TPSA) is 76.8 Å². The molecule has 1 saturated heterocycles. The summed E-state index contributed by atoms with van der Waals surface area (Å²) >= 11 is 1.68. The molecular formula is C21H21N5OS. The third kappa shape index (κ3) is 2.43. The lowest BCUT2D eigenvalue weighted by Gasteiger charge is -2.34. The van der Waals surface area contributed by atoms with Crippen molar-refractivity contribution in [3.8, 4) is 11.4 Å². The largest absolute Gasteiger partial charge is 0.369 e. The number of rotatable bonds is 2. The van der Waals surface area contributed by atoms with E-state index in [1.165, 1.54) is 17.5 Å². The lowest BCUT2D eigenvalue weighted by molar-refractivity contribution is 0.620. The van der Waals surface area contributed by atoms with Crippen molar-refractivity contribution in [3.63, 3.8) is 0 Å². The molecule has 0 spiro atoms. The first-order chi connectivity index (χ1) is 13.8. The molecule has 3 N–H and O–H groups in total. The molecule has 0 unspecified atom stereocenters. The van der Waals surface area contributed by atoms with Crippen LogP contribution in [0.5, 0.6) is 0 Å². The molecule has 2 aliphatic rings. The Bertz CT molecular complexity index is 1220. The van der Waals surface area contributed by atoms with E-state index < -0.39 is 0 Å². The zero-order chi connectivity index (χ0) is 18.7. The van der Waals surface area contributed by atoms with Gasteiger partial charge in [-0.05, 0) is 67.1 Å². The molecule has 0 saturated carbocycles. The molecule has 2 aliphatic heterocycles. The number of benzene rings is 1. The maximum Gasteiger partial charge on any atom is 0.261 e. The molecular weight excluding hydrogens is 370 g/mol. The van der Waals surface area contributed by atoms with E-state index in [4.69, 9.17) is 4.98 Å². The van der Waals surface area contributed by atoms with E-state index in [1.807, 2.05) is 11.4 Å². The Balaban J connectivity index is 1.58.